The van der Waals surface area contributed by atoms with Crippen molar-refractivity contribution in [3.63, 3.8) is 0 Å². The van der Waals surface area contributed by atoms with Crippen molar-refractivity contribution in [3.05, 3.63) is 22.4 Å². The molecule has 0 aliphatic heterocycles. The molecule has 7 heteroatoms. The molecule has 120 valence electrons. The van der Waals surface area contributed by atoms with Crippen molar-refractivity contribution in [1.29, 1.82) is 0 Å². The summed E-state index contributed by atoms with van der Waals surface area (Å²) in [6, 6.07) is 3.97. The number of hydrogen-bond acceptors (Lipinski definition) is 6. The molecule has 21 heavy (non-hydrogen) atoms. The fraction of sp³-hybridized carbons (Fsp3) is 0.643. The van der Waals surface area contributed by atoms with E-state index in [1.165, 1.54) is 0 Å². The van der Waals surface area contributed by atoms with Crippen molar-refractivity contribution in [2.24, 2.45) is 0 Å². The van der Waals surface area contributed by atoms with Gasteiger partial charge in [-0.15, -0.1) is 11.3 Å². The highest BCUT2D eigenvalue weighted by molar-refractivity contribution is 7.09. The molecular weight excluding hydrogens is 292 g/mol. The Morgan fingerprint density at radius 2 is 2.33 bits per heavy atom. The lowest BCUT2D eigenvalue weighted by atomic mass is 10.3. The number of rotatable bonds is 12. The van der Waals surface area contributed by atoms with Crippen molar-refractivity contribution in [2.45, 2.75) is 19.1 Å². The average molecular weight is 316 g/mol. The first-order chi connectivity index (χ1) is 10.2. The fourth-order valence-corrected chi connectivity index (χ4v) is 2.24. The first-order valence-corrected chi connectivity index (χ1v) is 7.85. The van der Waals surface area contributed by atoms with Gasteiger partial charge in [0.05, 0.1) is 25.9 Å². The summed E-state index contributed by atoms with van der Waals surface area (Å²) in [5.74, 6) is -0.0250. The largest absolute Gasteiger partial charge is 0.389 e. The summed E-state index contributed by atoms with van der Waals surface area (Å²) in [5, 5.41) is 17.5. The van der Waals surface area contributed by atoms with Crippen LogP contribution in [0.15, 0.2) is 17.5 Å². The summed E-state index contributed by atoms with van der Waals surface area (Å²) in [6.07, 6.45) is -0.187. The predicted molar refractivity (Wildman–Crippen MR) is 82.4 cm³/mol. The van der Waals surface area contributed by atoms with Gasteiger partial charge in [-0.25, -0.2) is 0 Å². The van der Waals surface area contributed by atoms with Gasteiger partial charge in [0, 0.05) is 38.0 Å². The molecule has 0 aliphatic rings. The first-order valence-electron chi connectivity index (χ1n) is 6.97. The van der Waals surface area contributed by atoms with Gasteiger partial charge in [-0.2, -0.15) is 0 Å². The molecule has 1 amide bonds. The van der Waals surface area contributed by atoms with Gasteiger partial charge in [0.15, 0.2) is 0 Å². The van der Waals surface area contributed by atoms with E-state index in [-0.39, 0.29) is 12.5 Å². The lowest BCUT2D eigenvalue weighted by molar-refractivity contribution is -0.121. The Morgan fingerprint density at radius 3 is 3.05 bits per heavy atom. The zero-order valence-electron chi connectivity index (χ0n) is 12.3. The molecule has 1 aromatic heterocycles. The lowest BCUT2D eigenvalue weighted by Gasteiger charge is -2.12. The number of amides is 1. The van der Waals surface area contributed by atoms with Crippen LogP contribution in [-0.2, 0) is 20.9 Å². The molecule has 1 atom stereocenters. The lowest BCUT2D eigenvalue weighted by Crippen LogP contribution is -2.34. The third-order valence-electron chi connectivity index (χ3n) is 2.67. The summed E-state index contributed by atoms with van der Waals surface area (Å²) < 4.78 is 10.2. The zero-order chi connectivity index (χ0) is 15.3. The van der Waals surface area contributed by atoms with Gasteiger partial charge in [0.2, 0.25) is 5.91 Å². The van der Waals surface area contributed by atoms with Crippen LogP contribution < -0.4 is 10.6 Å². The number of nitrogens with one attached hydrogen (secondary N) is 2. The number of thiophene rings is 1. The molecule has 1 unspecified atom stereocenters. The van der Waals surface area contributed by atoms with E-state index in [4.69, 9.17) is 9.47 Å². The summed E-state index contributed by atoms with van der Waals surface area (Å²) in [7, 11) is 1.59. The van der Waals surface area contributed by atoms with Gasteiger partial charge in [0.1, 0.15) is 0 Å². The average Bonchev–Trinajstić information content (AvgIpc) is 2.97. The van der Waals surface area contributed by atoms with Crippen LogP contribution in [0, 0.1) is 0 Å². The highest BCUT2D eigenvalue weighted by Crippen LogP contribution is 2.09. The van der Waals surface area contributed by atoms with Gasteiger partial charge < -0.3 is 25.2 Å². The molecule has 1 rings (SSSR count). The number of hydrogen-bond donors (Lipinski definition) is 3. The second-order valence-electron chi connectivity index (χ2n) is 4.55. The Bertz CT molecular complexity index is 373. The van der Waals surface area contributed by atoms with Crippen molar-refractivity contribution >= 4 is 17.2 Å². The smallest absolute Gasteiger partial charge is 0.221 e. The van der Waals surface area contributed by atoms with Crippen LogP contribution in [0.4, 0.5) is 0 Å². The Morgan fingerprint density at radius 1 is 1.48 bits per heavy atom. The van der Waals surface area contributed by atoms with E-state index >= 15 is 0 Å². The molecule has 0 fully saturated rings. The summed E-state index contributed by atoms with van der Waals surface area (Å²) >= 11 is 1.63. The van der Waals surface area contributed by atoms with Crippen LogP contribution in [0.2, 0.25) is 0 Å². The number of carbonyl (C=O) groups excluding carboxylic acids is 1. The standard InChI is InChI=1S/C14H24N2O4S/c1-19-7-6-16-14(18)4-5-15-9-12(17)10-20-11-13-3-2-8-21-13/h2-3,8,12,15,17H,4-7,9-11H2,1H3,(H,16,18). The van der Waals surface area contributed by atoms with Gasteiger partial charge in [0.25, 0.3) is 0 Å². The second-order valence-corrected chi connectivity index (χ2v) is 5.58. The number of aliphatic hydroxyl groups is 1. The molecule has 1 aromatic rings. The van der Waals surface area contributed by atoms with Gasteiger partial charge >= 0.3 is 0 Å². The van der Waals surface area contributed by atoms with E-state index in [1.54, 1.807) is 18.4 Å². The number of carbonyl (C=O) groups is 1. The fourth-order valence-electron chi connectivity index (χ4n) is 1.60. The normalized spacial score (nSPS) is 12.3. The van der Waals surface area contributed by atoms with Crippen LogP contribution in [0.25, 0.3) is 0 Å². The van der Waals surface area contributed by atoms with E-state index in [0.29, 0.717) is 39.3 Å². The Balaban J connectivity index is 1.93. The molecule has 0 saturated heterocycles. The minimum absolute atomic E-state index is 0.0250. The molecule has 0 spiro atoms. The van der Waals surface area contributed by atoms with Crippen LogP contribution in [0.3, 0.4) is 0 Å². The maximum absolute atomic E-state index is 11.4. The highest BCUT2D eigenvalue weighted by atomic mass is 32.1. The predicted octanol–water partition coefficient (Wildman–Crippen LogP) is 0.368. The molecule has 0 saturated carbocycles. The first kappa shape index (κ1) is 18.1. The topological polar surface area (TPSA) is 79.8 Å². The summed E-state index contributed by atoms with van der Waals surface area (Å²) in [5.41, 5.74) is 0. The van der Waals surface area contributed by atoms with E-state index < -0.39 is 6.10 Å². The van der Waals surface area contributed by atoms with E-state index in [0.717, 1.165) is 4.88 Å². The van der Waals surface area contributed by atoms with Crippen LogP contribution in [0.1, 0.15) is 11.3 Å². The highest BCUT2D eigenvalue weighted by Gasteiger charge is 2.05. The number of methoxy groups -OCH3 is 1. The van der Waals surface area contributed by atoms with Crippen molar-refractivity contribution in [1.82, 2.24) is 10.6 Å². The summed E-state index contributed by atoms with van der Waals surface area (Å²) in [6.45, 7) is 2.78. The molecule has 0 radical (unpaired) electrons. The second kappa shape index (κ2) is 11.6. The number of aliphatic hydroxyl groups excluding tert-OH is 1. The third-order valence-corrected chi connectivity index (χ3v) is 3.52. The molecule has 1 heterocycles. The van der Waals surface area contributed by atoms with E-state index in [9.17, 15) is 9.90 Å². The molecule has 3 N–H and O–H groups in total. The zero-order valence-corrected chi connectivity index (χ0v) is 13.2. The Labute approximate surface area is 129 Å². The maximum Gasteiger partial charge on any atom is 0.221 e. The minimum Gasteiger partial charge on any atom is -0.389 e. The quantitative estimate of drug-likeness (QED) is 0.486. The Hall–Kier alpha value is -0.990. The van der Waals surface area contributed by atoms with Gasteiger partial charge in [-0.05, 0) is 11.4 Å². The van der Waals surface area contributed by atoms with Crippen LogP contribution in [-0.4, -0.2) is 57.1 Å². The van der Waals surface area contributed by atoms with E-state index in [2.05, 4.69) is 10.6 Å². The Kier molecular flexibility index (Phi) is 10.0. The van der Waals surface area contributed by atoms with Crippen LogP contribution >= 0.6 is 11.3 Å². The van der Waals surface area contributed by atoms with Crippen molar-refractivity contribution in [3.8, 4) is 0 Å². The molecule has 0 aromatic carbocycles. The molecule has 0 bridgehead atoms. The maximum atomic E-state index is 11.4. The van der Waals surface area contributed by atoms with Gasteiger partial charge in [-0.1, -0.05) is 6.07 Å². The summed E-state index contributed by atoms with van der Waals surface area (Å²) in [4.78, 5) is 12.5. The minimum atomic E-state index is -0.568. The van der Waals surface area contributed by atoms with E-state index in [1.807, 2.05) is 17.5 Å². The molecular formula is C14H24N2O4S. The van der Waals surface area contributed by atoms with Gasteiger partial charge in [-0.3, -0.25) is 4.79 Å². The van der Waals surface area contributed by atoms with Crippen molar-refractivity contribution < 1.29 is 19.4 Å². The SMILES string of the molecule is COCCNC(=O)CCNCC(O)COCc1cccs1. The van der Waals surface area contributed by atoms with Crippen LogP contribution in [0.5, 0.6) is 0 Å². The monoisotopic (exact) mass is 316 g/mol. The molecule has 6 nitrogen and oxygen atoms in total. The van der Waals surface area contributed by atoms with Crippen molar-refractivity contribution in [2.75, 3.05) is 40.0 Å². The third kappa shape index (κ3) is 9.54. The molecule has 0 aliphatic carbocycles. The number of ether oxygens (including phenoxy) is 2.